The Labute approximate surface area is 156 Å². The predicted octanol–water partition coefficient (Wildman–Crippen LogP) is 2.23. The summed E-state index contributed by atoms with van der Waals surface area (Å²) in [6.45, 7) is 0. The molecule has 3 aromatic rings. The van der Waals surface area contributed by atoms with E-state index in [0.29, 0.717) is 0 Å². The molecule has 0 fully saturated rings. The Morgan fingerprint density at radius 3 is 1.04 bits per heavy atom. The van der Waals surface area contributed by atoms with Crippen LogP contribution in [0.2, 0.25) is 0 Å². The number of hydrogen-bond acceptors (Lipinski definition) is 3. The fraction of sp³-hybridized carbons (Fsp3) is 0.143. The summed E-state index contributed by atoms with van der Waals surface area (Å²) in [5.41, 5.74) is 0. The second kappa shape index (κ2) is 8.31. The van der Waals surface area contributed by atoms with Gasteiger partial charge in [-0.15, -0.1) is 0 Å². The minimum atomic E-state index is -2.43. The Bertz CT molecular complexity index is 735. The normalized spacial score (nSPS) is 10.6. The summed E-state index contributed by atoms with van der Waals surface area (Å²) in [6, 6.07) is 24.8. The Hall–Kier alpha value is -2.12. The third kappa shape index (κ3) is 3.62. The van der Waals surface area contributed by atoms with Crippen LogP contribution < -0.4 is 24.7 Å². The first-order valence-electron chi connectivity index (χ1n) is 7.99. The van der Waals surface area contributed by atoms with Crippen LogP contribution in [-0.2, 0) is 0 Å². The summed E-state index contributed by atoms with van der Waals surface area (Å²) < 4.78 is 20.8. The van der Waals surface area contributed by atoms with Crippen LogP contribution in [-0.4, -0.2) is 41.5 Å². The number of hydrogen-bond donors (Lipinski definition) is 0. The number of benzene rings is 3. The molecule has 0 saturated carbocycles. The molecule has 3 aromatic carbocycles. The molecule has 0 spiro atoms. The van der Waals surface area contributed by atoms with Gasteiger partial charge in [0.25, 0.3) is 0 Å². The van der Waals surface area contributed by atoms with E-state index in [1.807, 2.05) is 36.4 Å². The average molecular weight is 443 g/mol. The van der Waals surface area contributed by atoms with Gasteiger partial charge in [0.1, 0.15) is 0 Å². The fourth-order valence-corrected chi connectivity index (χ4v) is 10.4. The van der Waals surface area contributed by atoms with Gasteiger partial charge in [0.05, 0.1) is 0 Å². The molecule has 0 atom stereocenters. The molecule has 3 nitrogen and oxygen atoms in total. The molecule has 0 saturated heterocycles. The maximum atomic E-state index is 5.68. The van der Waals surface area contributed by atoms with Gasteiger partial charge in [-0.2, -0.15) is 0 Å². The molecule has 0 aliphatic rings. The molecule has 0 heterocycles. The number of methoxy groups -OCH3 is 3. The molecule has 0 aliphatic carbocycles. The first-order valence-corrected chi connectivity index (χ1v) is 11.8. The zero-order chi connectivity index (χ0) is 17.6. The third-order valence-corrected chi connectivity index (χ3v) is 11.3. The van der Waals surface area contributed by atoms with Gasteiger partial charge in [-0.25, -0.2) is 0 Å². The molecule has 25 heavy (non-hydrogen) atoms. The van der Waals surface area contributed by atoms with Crippen molar-refractivity contribution in [2.45, 2.75) is 0 Å². The fourth-order valence-electron chi connectivity index (χ4n) is 2.83. The quantitative estimate of drug-likeness (QED) is 0.548. The van der Waals surface area contributed by atoms with Crippen molar-refractivity contribution in [2.24, 2.45) is 0 Å². The minimum absolute atomic E-state index is 0.919. The van der Waals surface area contributed by atoms with Crippen molar-refractivity contribution in [3.63, 3.8) is 0 Å². The van der Waals surface area contributed by atoms with Gasteiger partial charge >= 0.3 is 156 Å². The van der Waals surface area contributed by atoms with Crippen molar-refractivity contribution in [2.75, 3.05) is 21.3 Å². The van der Waals surface area contributed by atoms with Crippen LogP contribution in [0.15, 0.2) is 72.8 Å². The SMILES string of the molecule is COc1cccc[c]1[Sb]([c]1ccccc1OC)[c]1ccccc1OC. The molecule has 128 valence electrons. The van der Waals surface area contributed by atoms with Crippen LogP contribution in [0.3, 0.4) is 0 Å². The van der Waals surface area contributed by atoms with Gasteiger partial charge in [0.2, 0.25) is 0 Å². The second-order valence-corrected chi connectivity index (χ2v) is 11.4. The van der Waals surface area contributed by atoms with Crippen LogP contribution in [0.4, 0.5) is 0 Å². The van der Waals surface area contributed by atoms with Crippen LogP contribution in [0, 0.1) is 0 Å². The van der Waals surface area contributed by atoms with E-state index in [2.05, 4.69) is 36.4 Å². The maximum absolute atomic E-state index is 5.68. The molecule has 0 bridgehead atoms. The summed E-state index contributed by atoms with van der Waals surface area (Å²) >= 11 is -2.43. The standard InChI is InChI=1S/3C7H7O.Sb/c3*1-8-7-5-3-2-4-6-7;/h3*2-5H,1H3;. The van der Waals surface area contributed by atoms with Crippen LogP contribution in [0.1, 0.15) is 0 Å². The summed E-state index contributed by atoms with van der Waals surface area (Å²) in [7, 11) is 5.17. The average Bonchev–Trinajstić information content (AvgIpc) is 2.69. The van der Waals surface area contributed by atoms with Gasteiger partial charge < -0.3 is 0 Å². The molecule has 0 aliphatic heterocycles. The zero-order valence-corrected chi connectivity index (χ0v) is 17.2. The van der Waals surface area contributed by atoms with Crippen molar-refractivity contribution in [3.8, 4) is 17.2 Å². The molecule has 0 unspecified atom stereocenters. The molecular weight excluding hydrogens is 422 g/mol. The van der Waals surface area contributed by atoms with E-state index >= 15 is 0 Å². The Balaban J connectivity index is 2.29. The van der Waals surface area contributed by atoms with Crippen LogP contribution >= 0.6 is 0 Å². The van der Waals surface area contributed by atoms with Crippen molar-refractivity contribution in [1.29, 1.82) is 0 Å². The first kappa shape index (κ1) is 17.7. The number of para-hydroxylation sites is 3. The van der Waals surface area contributed by atoms with Crippen molar-refractivity contribution in [3.05, 3.63) is 72.8 Å². The van der Waals surface area contributed by atoms with Gasteiger partial charge in [-0.05, 0) is 0 Å². The topological polar surface area (TPSA) is 27.7 Å². The molecule has 0 radical (unpaired) electrons. The molecular formula is C21H21O3Sb. The monoisotopic (exact) mass is 442 g/mol. The van der Waals surface area contributed by atoms with Crippen molar-refractivity contribution >= 4 is 30.7 Å². The van der Waals surface area contributed by atoms with E-state index in [-0.39, 0.29) is 0 Å². The van der Waals surface area contributed by atoms with Crippen LogP contribution in [0.5, 0.6) is 17.2 Å². The van der Waals surface area contributed by atoms with Gasteiger partial charge in [0, 0.05) is 0 Å². The van der Waals surface area contributed by atoms with Gasteiger partial charge in [-0.3, -0.25) is 0 Å². The molecule has 3 rings (SSSR count). The van der Waals surface area contributed by atoms with Crippen molar-refractivity contribution < 1.29 is 14.2 Å². The third-order valence-electron chi connectivity index (χ3n) is 3.98. The molecule has 4 heteroatoms. The van der Waals surface area contributed by atoms with Crippen molar-refractivity contribution in [1.82, 2.24) is 0 Å². The second-order valence-electron chi connectivity index (χ2n) is 5.35. The van der Waals surface area contributed by atoms with E-state index in [1.165, 1.54) is 10.5 Å². The van der Waals surface area contributed by atoms with E-state index in [0.717, 1.165) is 17.2 Å². The van der Waals surface area contributed by atoms with E-state index in [1.54, 1.807) is 21.3 Å². The number of ether oxygens (including phenoxy) is 3. The summed E-state index contributed by atoms with van der Waals surface area (Å²) in [4.78, 5) is 0. The van der Waals surface area contributed by atoms with Gasteiger partial charge in [-0.1, -0.05) is 0 Å². The summed E-state index contributed by atoms with van der Waals surface area (Å²) in [5, 5.41) is 0. The van der Waals surface area contributed by atoms with E-state index in [4.69, 9.17) is 14.2 Å². The zero-order valence-electron chi connectivity index (χ0n) is 14.6. The Morgan fingerprint density at radius 2 is 0.760 bits per heavy atom. The molecule has 0 aromatic heterocycles. The van der Waals surface area contributed by atoms with Crippen LogP contribution in [0.25, 0.3) is 0 Å². The Morgan fingerprint density at radius 1 is 0.480 bits per heavy atom. The van der Waals surface area contributed by atoms with E-state index in [9.17, 15) is 0 Å². The summed E-state index contributed by atoms with van der Waals surface area (Å²) in [5.74, 6) is 2.76. The molecule has 0 amide bonds. The summed E-state index contributed by atoms with van der Waals surface area (Å²) in [6.07, 6.45) is 0. The Kier molecular flexibility index (Phi) is 5.88. The predicted molar refractivity (Wildman–Crippen MR) is 104 cm³/mol. The van der Waals surface area contributed by atoms with Gasteiger partial charge in [0.15, 0.2) is 0 Å². The molecule has 0 N–H and O–H groups in total. The first-order chi connectivity index (χ1) is 12.3. The number of rotatable bonds is 6. The van der Waals surface area contributed by atoms with E-state index < -0.39 is 20.2 Å².